The van der Waals surface area contributed by atoms with Crippen LogP contribution in [0.5, 0.6) is 0 Å². The van der Waals surface area contributed by atoms with Gasteiger partial charge in [0, 0.05) is 5.54 Å². The minimum Gasteiger partial charge on any atom is -0.439 e. The molecule has 140 valence electrons. The van der Waals surface area contributed by atoms with Crippen molar-refractivity contribution < 1.29 is 35.9 Å². The number of cyclic esters (lactones) is 1. The Kier molecular flexibility index (Phi) is 4.51. The highest BCUT2D eigenvalue weighted by molar-refractivity contribution is 5.72. The van der Waals surface area contributed by atoms with Crippen LogP contribution in [-0.2, 0) is 17.1 Å². The normalized spacial score (nSPS) is 22.3. The third-order valence-electron chi connectivity index (χ3n) is 3.93. The minimum absolute atomic E-state index is 0.0481. The summed E-state index contributed by atoms with van der Waals surface area (Å²) in [6, 6.07) is 0.509. The summed E-state index contributed by atoms with van der Waals surface area (Å²) < 4.78 is 82.9. The van der Waals surface area contributed by atoms with E-state index in [1.807, 2.05) is 0 Å². The second-order valence-corrected chi connectivity index (χ2v) is 6.92. The number of halogens is 6. The molecule has 1 fully saturated rings. The molecule has 0 saturated carbocycles. The summed E-state index contributed by atoms with van der Waals surface area (Å²) in [5, 5.41) is 0. The highest BCUT2D eigenvalue weighted by atomic mass is 19.4. The van der Waals surface area contributed by atoms with Gasteiger partial charge >= 0.3 is 18.4 Å². The molecule has 0 unspecified atom stereocenters. The van der Waals surface area contributed by atoms with Gasteiger partial charge in [-0.2, -0.15) is 26.3 Å². The molecule has 1 heterocycles. The van der Waals surface area contributed by atoms with Crippen molar-refractivity contribution in [3.63, 3.8) is 0 Å². The fourth-order valence-electron chi connectivity index (χ4n) is 2.94. The molecule has 25 heavy (non-hydrogen) atoms. The molecule has 1 saturated heterocycles. The van der Waals surface area contributed by atoms with Gasteiger partial charge in [0.1, 0.15) is 6.10 Å². The van der Waals surface area contributed by atoms with Gasteiger partial charge in [-0.15, -0.1) is 0 Å². The molecule has 3 nitrogen and oxygen atoms in total. The molecular weight excluding hydrogens is 352 g/mol. The molecule has 1 amide bonds. The maximum absolute atomic E-state index is 13.0. The zero-order chi connectivity index (χ0) is 19.4. The molecule has 0 aliphatic carbocycles. The van der Waals surface area contributed by atoms with Crippen molar-refractivity contribution in [3.8, 4) is 0 Å². The predicted octanol–water partition coefficient (Wildman–Crippen LogP) is 5.40. The summed E-state index contributed by atoms with van der Waals surface area (Å²) in [6.45, 7) is 6.61. The van der Waals surface area contributed by atoms with Gasteiger partial charge in [-0.3, -0.25) is 4.90 Å². The van der Waals surface area contributed by atoms with Crippen LogP contribution < -0.4 is 0 Å². The van der Waals surface area contributed by atoms with E-state index in [0.717, 1.165) is 0 Å². The molecule has 0 radical (unpaired) electrons. The molecule has 0 bridgehead atoms. The molecule has 2 rings (SSSR count). The van der Waals surface area contributed by atoms with Crippen molar-refractivity contribution in [2.24, 2.45) is 0 Å². The molecule has 1 aromatic carbocycles. The van der Waals surface area contributed by atoms with Gasteiger partial charge < -0.3 is 4.74 Å². The van der Waals surface area contributed by atoms with Crippen molar-refractivity contribution in [1.82, 2.24) is 4.90 Å². The lowest BCUT2D eigenvalue weighted by Crippen LogP contribution is -2.46. The van der Waals surface area contributed by atoms with E-state index in [1.165, 1.54) is 11.8 Å². The average Bonchev–Trinajstić information content (AvgIpc) is 2.71. The largest absolute Gasteiger partial charge is 0.439 e. The first-order chi connectivity index (χ1) is 11.1. The van der Waals surface area contributed by atoms with Crippen molar-refractivity contribution in [3.05, 3.63) is 34.9 Å². The summed E-state index contributed by atoms with van der Waals surface area (Å²) in [7, 11) is 0. The van der Waals surface area contributed by atoms with Crippen LogP contribution in [0.25, 0.3) is 0 Å². The van der Waals surface area contributed by atoms with Crippen LogP contribution in [0.4, 0.5) is 31.1 Å². The van der Waals surface area contributed by atoms with Gasteiger partial charge in [0.25, 0.3) is 0 Å². The van der Waals surface area contributed by atoms with Crippen molar-refractivity contribution in [2.45, 2.75) is 57.7 Å². The van der Waals surface area contributed by atoms with E-state index in [0.29, 0.717) is 12.1 Å². The Labute approximate surface area is 140 Å². The zero-order valence-corrected chi connectivity index (χ0v) is 13.9. The number of nitrogens with zero attached hydrogens (tertiary/aromatic N) is 1. The summed E-state index contributed by atoms with van der Waals surface area (Å²) in [6.07, 6.45) is -11.9. The molecule has 1 aliphatic heterocycles. The van der Waals surface area contributed by atoms with E-state index in [1.54, 1.807) is 20.8 Å². The Morgan fingerprint density at radius 2 is 1.36 bits per heavy atom. The van der Waals surface area contributed by atoms with Gasteiger partial charge in [-0.25, -0.2) is 4.79 Å². The number of amides is 1. The fourth-order valence-corrected chi connectivity index (χ4v) is 2.94. The Bertz CT molecular complexity index is 642. The van der Waals surface area contributed by atoms with Gasteiger partial charge in [-0.1, -0.05) is 0 Å². The molecular formula is C16H17F6NO2. The van der Waals surface area contributed by atoms with Crippen LogP contribution in [0.15, 0.2) is 18.2 Å². The maximum atomic E-state index is 13.0. The van der Waals surface area contributed by atoms with Crippen LogP contribution in [-0.4, -0.2) is 22.6 Å². The molecule has 0 N–H and O–H groups in total. The van der Waals surface area contributed by atoms with Gasteiger partial charge in [-0.05, 0) is 51.5 Å². The molecule has 1 aromatic rings. The number of benzene rings is 1. The van der Waals surface area contributed by atoms with Crippen LogP contribution in [0.2, 0.25) is 0 Å². The Balaban J connectivity index is 2.54. The molecule has 0 aromatic heterocycles. The Morgan fingerprint density at radius 1 is 0.920 bits per heavy atom. The predicted molar refractivity (Wildman–Crippen MR) is 76.7 cm³/mol. The first-order valence-corrected chi connectivity index (χ1v) is 7.41. The smallest absolute Gasteiger partial charge is 0.416 e. The van der Waals surface area contributed by atoms with Crippen molar-refractivity contribution >= 4 is 6.09 Å². The van der Waals surface area contributed by atoms with Crippen LogP contribution in [0, 0.1) is 0 Å². The summed E-state index contributed by atoms with van der Waals surface area (Å²) in [4.78, 5) is 13.3. The van der Waals surface area contributed by atoms with E-state index in [4.69, 9.17) is 4.74 Å². The van der Waals surface area contributed by atoms with Crippen molar-refractivity contribution in [2.75, 3.05) is 0 Å². The summed E-state index contributed by atoms with van der Waals surface area (Å²) in [5.41, 5.74) is -3.90. The van der Waals surface area contributed by atoms with Gasteiger partial charge in [0.2, 0.25) is 0 Å². The lowest BCUT2D eigenvalue weighted by molar-refractivity contribution is -0.143. The number of hydrogen-bond acceptors (Lipinski definition) is 2. The second kappa shape index (κ2) is 5.81. The van der Waals surface area contributed by atoms with E-state index >= 15 is 0 Å². The Hall–Kier alpha value is -1.93. The lowest BCUT2D eigenvalue weighted by Gasteiger charge is -2.33. The van der Waals surface area contributed by atoms with Gasteiger partial charge in [0.05, 0.1) is 17.2 Å². The zero-order valence-electron chi connectivity index (χ0n) is 13.9. The van der Waals surface area contributed by atoms with E-state index in [9.17, 15) is 31.1 Å². The number of rotatable bonds is 1. The van der Waals surface area contributed by atoms with Crippen LogP contribution >= 0.6 is 0 Å². The van der Waals surface area contributed by atoms with Crippen molar-refractivity contribution in [1.29, 1.82) is 0 Å². The highest BCUT2D eigenvalue weighted by Gasteiger charge is 2.46. The molecule has 9 heteroatoms. The first-order valence-electron chi connectivity index (χ1n) is 7.41. The summed E-state index contributed by atoms with van der Waals surface area (Å²) >= 11 is 0. The quantitative estimate of drug-likeness (QED) is 0.620. The number of ether oxygens (including phenoxy) is 1. The van der Waals surface area contributed by atoms with Gasteiger partial charge in [0.15, 0.2) is 0 Å². The third-order valence-corrected chi connectivity index (χ3v) is 3.93. The second-order valence-electron chi connectivity index (χ2n) is 6.92. The first kappa shape index (κ1) is 19.4. The third kappa shape index (κ3) is 3.85. The molecule has 0 spiro atoms. The highest BCUT2D eigenvalue weighted by Crippen LogP contribution is 2.42. The monoisotopic (exact) mass is 369 g/mol. The minimum atomic E-state index is -4.95. The fraction of sp³-hybridized carbons (Fsp3) is 0.562. The molecule has 1 aliphatic rings. The van der Waals surface area contributed by atoms with E-state index in [2.05, 4.69) is 0 Å². The van der Waals surface area contributed by atoms with Crippen LogP contribution in [0.1, 0.15) is 50.5 Å². The average molecular weight is 369 g/mol. The number of hydrogen-bond donors (Lipinski definition) is 0. The van der Waals surface area contributed by atoms with E-state index in [-0.39, 0.29) is 11.6 Å². The number of alkyl halides is 6. The Morgan fingerprint density at radius 3 is 1.68 bits per heavy atom. The topological polar surface area (TPSA) is 29.5 Å². The molecule has 2 atom stereocenters. The maximum Gasteiger partial charge on any atom is 0.416 e. The number of carbonyl (C=O) groups is 1. The van der Waals surface area contributed by atoms with Crippen LogP contribution in [0.3, 0.4) is 0 Å². The lowest BCUT2D eigenvalue weighted by atomic mass is 9.95. The SMILES string of the molecule is C[C@@H]1[C@@H](c2cc(C(F)(F)F)cc(C(F)(F)F)c2)OC(=O)N1C(C)(C)C. The standard InChI is InChI=1S/C16H17F6NO2/c1-8-12(25-13(24)23(8)14(2,3)4)9-5-10(15(17,18)19)7-11(6-9)16(20,21)22/h5-8,12H,1-4H3/t8-,12+/m1/s1. The summed E-state index contributed by atoms with van der Waals surface area (Å²) in [5.74, 6) is 0. The van der Waals surface area contributed by atoms with E-state index < -0.39 is 47.3 Å². The number of carbonyl (C=O) groups excluding carboxylic acids is 1.